The minimum atomic E-state index is -2.24. The molecule has 0 aliphatic rings. The summed E-state index contributed by atoms with van der Waals surface area (Å²) in [6.45, 7) is 1.11. The molecule has 0 spiro atoms. The maximum absolute atomic E-state index is 10.8. The number of aliphatic hydroxyl groups is 3. The summed E-state index contributed by atoms with van der Waals surface area (Å²) < 4.78 is 0. The number of hydrogen-bond acceptors (Lipinski definition) is 5. The molecule has 6 heteroatoms. The number of unbranched alkanes of at least 4 members (excludes halogenated alkanes) is 2. The van der Waals surface area contributed by atoms with E-state index in [1.807, 2.05) is 6.08 Å². The first-order valence-electron chi connectivity index (χ1n) is 6.04. The van der Waals surface area contributed by atoms with E-state index in [9.17, 15) is 15.0 Å². The summed E-state index contributed by atoms with van der Waals surface area (Å²) in [6.07, 6.45) is 3.53. The van der Waals surface area contributed by atoms with Crippen molar-refractivity contribution in [1.29, 1.82) is 0 Å². The molecule has 3 atom stereocenters. The summed E-state index contributed by atoms with van der Waals surface area (Å²) in [4.78, 5) is 10.8. The van der Waals surface area contributed by atoms with Gasteiger partial charge in [0.1, 0.15) is 6.10 Å². The lowest BCUT2D eigenvalue weighted by molar-refractivity contribution is -0.154. The Morgan fingerprint density at radius 1 is 1.39 bits per heavy atom. The van der Waals surface area contributed by atoms with Crippen molar-refractivity contribution in [2.75, 3.05) is 6.61 Å². The van der Waals surface area contributed by atoms with Gasteiger partial charge in [0.2, 0.25) is 0 Å². The normalized spacial score (nSPS) is 18.5. The predicted molar refractivity (Wildman–Crippen MR) is 66.9 cm³/mol. The molecule has 6 N–H and O–H groups in total. The van der Waals surface area contributed by atoms with Crippen LogP contribution >= 0.6 is 0 Å². The second-order valence-corrected chi connectivity index (χ2v) is 4.37. The number of carboxylic acid groups (broad SMARTS) is 1. The van der Waals surface area contributed by atoms with E-state index < -0.39 is 30.3 Å². The summed E-state index contributed by atoms with van der Waals surface area (Å²) in [5, 5.41) is 37.0. The number of aliphatic carboxylic acids is 1. The molecule has 0 unspecified atom stereocenters. The van der Waals surface area contributed by atoms with E-state index >= 15 is 0 Å². The number of nitrogens with two attached hydrogens (primary N) is 1. The highest BCUT2D eigenvalue weighted by atomic mass is 16.4. The van der Waals surface area contributed by atoms with Crippen LogP contribution in [-0.4, -0.2) is 50.7 Å². The molecule has 0 saturated carbocycles. The Balaban J connectivity index is 4.36. The quantitative estimate of drug-likeness (QED) is 0.285. The van der Waals surface area contributed by atoms with Crippen LogP contribution in [0, 0.1) is 0 Å². The van der Waals surface area contributed by atoms with Crippen molar-refractivity contribution in [2.24, 2.45) is 5.73 Å². The average Bonchev–Trinajstić information content (AvgIpc) is 2.36. The van der Waals surface area contributed by atoms with E-state index in [1.54, 1.807) is 6.08 Å². The Hall–Kier alpha value is -0.950. The molecular weight excluding hydrogens is 238 g/mol. The molecular formula is C12H23NO5. The Labute approximate surface area is 107 Å². The van der Waals surface area contributed by atoms with Gasteiger partial charge in [-0.25, -0.2) is 0 Å². The smallest absolute Gasteiger partial charge is 0.328 e. The molecule has 6 nitrogen and oxygen atoms in total. The first-order chi connectivity index (χ1) is 8.40. The highest BCUT2D eigenvalue weighted by Crippen LogP contribution is 2.14. The largest absolute Gasteiger partial charge is 0.480 e. The van der Waals surface area contributed by atoms with Crippen LogP contribution in [0.25, 0.3) is 0 Å². The van der Waals surface area contributed by atoms with Gasteiger partial charge in [-0.2, -0.15) is 0 Å². The average molecular weight is 261 g/mol. The Kier molecular flexibility index (Phi) is 7.77. The third-order valence-electron chi connectivity index (χ3n) is 2.82. The lowest BCUT2D eigenvalue weighted by atomic mass is 9.89. The van der Waals surface area contributed by atoms with Crippen molar-refractivity contribution in [2.45, 2.75) is 50.4 Å². The molecule has 18 heavy (non-hydrogen) atoms. The molecule has 0 saturated heterocycles. The third kappa shape index (κ3) is 4.73. The van der Waals surface area contributed by atoms with Crippen LogP contribution in [0.3, 0.4) is 0 Å². The highest BCUT2D eigenvalue weighted by Gasteiger charge is 2.44. The zero-order chi connectivity index (χ0) is 14.2. The molecule has 0 heterocycles. The topological polar surface area (TPSA) is 124 Å². The fourth-order valence-electron chi connectivity index (χ4n) is 1.44. The standard InChI is InChI=1S/C12H23NO5/c1-2-3-4-5-6-7-9(15)10(16)12(13,8-14)11(17)18/h5-6,9-10,14-16H,2-4,7-8,13H2,1H3,(H,17,18)/b6-5-/t9-,10+,12+/m1/s1. The van der Waals surface area contributed by atoms with Crippen molar-refractivity contribution < 1.29 is 25.2 Å². The minimum Gasteiger partial charge on any atom is -0.480 e. The van der Waals surface area contributed by atoms with Crippen LogP contribution in [0.5, 0.6) is 0 Å². The van der Waals surface area contributed by atoms with Gasteiger partial charge >= 0.3 is 5.97 Å². The van der Waals surface area contributed by atoms with Crippen molar-refractivity contribution in [1.82, 2.24) is 0 Å². The summed E-state index contributed by atoms with van der Waals surface area (Å²) in [5.74, 6) is -1.55. The Morgan fingerprint density at radius 3 is 2.44 bits per heavy atom. The SMILES string of the molecule is CCCC/C=C\C[C@@H](O)[C@H](O)[C@@](N)(CO)C(=O)O. The monoisotopic (exact) mass is 261 g/mol. The van der Waals surface area contributed by atoms with Gasteiger partial charge in [0, 0.05) is 0 Å². The predicted octanol–water partition coefficient (Wildman–Crippen LogP) is -0.381. The number of hydrogen-bond donors (Lipinski definition) is 5. The molecule has 0 rings (SSSR count). The molecule has 0 fully saturated rings. The van der Waals surface area contributed by atoms with E-state index in [-0.39, 0.29) is 6.42 Å². The second-order valence-electron chi connectivity index (χ2n) is 4.37. The lowest BCUT2D eigenvalue weighted by Gasteiger charge is -2.30. The maximum atomic E-state index is 10.8. The van der Waals surface area contributed by atoms with Gasteiger partial charge < -0.3 is 26.2 Å². The summed E-state index contributed by atoms with van der Waals surface area (Å²) >= 11 is 0. The van der Waals surface area contributed by atoms with Gasteiger partial charge in [0.25, 0.3) is 0 Å². The molecule has 0 aromatic heterocycles. The number of allylic oxidation sites excluding steroid dienone is 1. The van der Waals surface area contributed by atoms with Crippen LogP contribution in [0.4, 0.5) is 0 Å². The fraction of sp³-hybridized carbons (Fsp3) is 0.750. The summed E-state index contributed by atoms with van der Waals surface area (Å²) in [5.41, 5.74) is 3.11. The number of aliphatic hydroxyl groups excluding tert-OH is 3. The molecule has 0 bridgehead atoms. The molecule has 0 aromatic rings. The van der Waals surface area contributed by atoms with Crippen LogP contribution in [0.15, 0.2) is 12.2 Å². The minimum absolute atomic E-state index is 0.0944. The van der Waals surface area contributed by atoms with Gasteiger partial charge in [-0.05, 0) is 12.8 Å². The van der Waals surface area contributed by atoms with Crippen LogP contribution in [0.1, 0.15) is 32.6 Å². The fourth-order valence-corrected chi connectivity index (χ4v) is 1.44. The van der Waals surface area contributed by atoms with Gasteiger partial charge in [0.15, 0.2) is 5.54 Å². The van der Waals surface area contributed by atoms with Gasteiger partial charge in [0.05, 0.1) is 12.7 Å². The van der Waals surface area contributed by atoms with Gasteiger partial charge in [-0.1, -0.05) is 31.9 Å². The number of carbonyl (C=O) groups is 1. The molecule has 0 amide bonds. The van der Waals surface area contributed by atoms with E-state index in [2.05, 4.69) is 6.92 Å². The number of rotatable bonds is 9. The highest BCUT2D eigenvalue weighted by molar-refractivity contribution is 5.79. The van der Waals surface area contributed by atoms with Crippen LogP contribution in [-0.2, 0) is 4.79 Å². The number of carboxylic acids is 1. The zero-order valence-corrected chi connectivity index (χ0v) is 10.6. The van der Waals surface area contributed by atoms with Crippen molar-refractivity contribution in [3.05, 3.63) is 12.2 Å². The van der Waals surface area contributed by atoms with E-state index in [4.69, 9.17) is 15.9 Å². The third-order valence-corrected chi connectivity index (χ3v) is 2.82. The van der Waals surface area contributed by atoms with Crippen LogP contribution < -0.4 is 5.73 Å². The van der Waals surface area contributed by atoms with E-state index in [0.717, 1.165) is 19.3 Å². The summed E-state index contributed by atoms with van der Waals surface area (Å²) in [7, 11) is 0. The van der Waals surface area contributed by atoms with E-state index in [0.29, 0.717) is 0 Å². The van der Waals surface area contributed by atoms with Crippen molar-refractivity contribution >= 4 is 5.97 Å². The first-order valence-corrected chi connectivity index (χ1v) is 6.04. The first kappa shape index (κ1) is 17.1. The van der Waals surface area contributed by atoms with Gasteiger partial charge in [-0.15, -0.1) is 0 Å². The molecule has 0 aliphatic carbocycles. The lowest BCUT2D eigenvalue weighted by Crippen LogP contribution is -2.63. The molecule has 0 aliphatic heterocycles. The molecule has 0 radical (unpaired) electrons. The Morgan fingerprint density at radius 2 is 2.00 bits per heavy atom. The Bertz CT molecular complexity index is 282. The van der Waals surface area contributed by atoms with Gasteiger partial charge in [-0.3, -0.25) is 4.79 Å². The second kappa shape index (κ2) is 8.20. The zero-order valence-electron chi connectivity index (χ0n) is 10.6. The van der Waals surface area contributed by atoms with Crippen molar-refractivity contribution in [3.63, 3.8) is 0 Å². The van der Waals surface area contributed by atoms with Crippen molar-refractivity contribution in [3.8, 4) is 0 Å². The van der Waals surface area contributed by atoms with Crippen LogP contribution in [0.2, 0.25) is 0 Å². The van der Waals surface area contributed by atoms with E-state index in [1.165, 1.54) is 0 Å². The molecule has 106 valence electrons. The maximum Gasteiger partial charge on any atom is 0.328 e. The summed E-state index contributed by atoms with van der Waals surface area (Å²) in [6, 6.07) is 0. The molecule has 0 aromatic carbocycles.